The largest absolute Gasteiger partial charge is 0.340 e. The van der Waals surface area contributed by atoms with Crippen LogP contribution in [-0.2, 0) is 0 Å². The van der Waals surface area contributed by atoms with Crippen molar-refractivity contribution in [2.24, 2.45) is 5.29 Å². The molecule has 0 aromatic carbocycles. The molecule has 1 rings (SSSR count). The first-order valence-electron chi connectivity index (χ1n) is 7.83. The molecule has 122 valence electrons. The average molecular weight is 336 g/mol. The third-order valence-electron chi connectivity index (χ3n) is 3.65. The molecule has 0 spiro atoms. The van der Waals surface area contributed by atoms with Crippen molar-refractivity contribution in [2.75, 3.05) is 23.9 Å². The van der Waals surface area contributed by atoms with E-state index in [0.29, 0.717) is 12.4 Å². The van der Waals surface area contributed by atoms with Gasteiger partial charge in [-0.25, -0.2) is 4.79 Å². The number of amides is 2. The molecule has 1 aliphatic rings. The maximum atomic E-state index is 11.9. The van der Waals surface area contributed by atoms with Crippen LogP contribution in [0, 0.1) is 4.91 Å². The standard InChI is InChI=1S/C14H26ClN3O2S/c15-9-12-21-11-6-2-5-10-18(17-20)14(19)16-13-7-3-1-4-8-13/h13H,1-12H2,(H,16,19). The number of rotatable bonds is 10. The van der Waals surface area contributed by atoms with Crippen molar-refractivity contribution in [3.8, 4) is 0 Å². The topological polar surface area (TPSA) is 61.8 Å². The zero-order chi connectivity index (χ0) is 15.3. The Kier molecular flexibility index (Phi) is 10.7. The molecule has 0 aliphatic heterocycles. The number of hydrogen-bond donors (Lipinski definition) is 1. The lowest BCUT2D eigenvalue weighted by Gasteiger charge is -2.24. The first kappa shape index (κ1) is 18.6. The molecule has 1 saturated carbocycles. The minimum atomic E-state index is -0.339. The molecule has 0 heterocycles. The zero-order valence-corrected chi connectivity index (χ0v) is 14.1. The van der Waals surface area contributed by atoms with E-state index in [2.05, 4.69) is 10.6 Å². The summed E-state index contributed by atoms with van der Waals surface area (Å²) in [5.74, 6) is 2.75. The smallest absolute Gasteiger partial charge is 0.334 e. The fraction of sp³-hybridized carbons (Fsp3) is 0.929. The van der Waals surface area contributed by atoms with Crippen molar-refractivity contribution in [1.82, 2.24) is 10.3 Å². The lowest BCUT2D eigenvalue weighted by molar-refractivity contribution is 0.190. The van der Waals surface area contributed by atoms with Gasteiger partial charge in [0.05, 0.1) is 5.29 Å². The first-order valence-corrected chi connectivity index (χ1v) is 9.52. The van der Waals surface area contributed by atoms with Crippen molar-refractivity contribution in [1.29, 1.82) is 0 Å². The van der Waals surface area contributed by atoms with E-state index in [1.165, 1.54) is 6.42 Å². The number of carbonyl (C=O) groups excluding carboxylic acids is 1. The molecule has 0 atom stereocenters. The van der Waals surface area contributed by atoms with Gasteiger partial charge in [-0.1, -0.05) is 25.7 Å². The fourth-order valence-corrected chi connectivity index (χ4v) is 3.52. The highest BCUT2D eigenvalue weighted by Gasteiger charge is 2.20. The summed E-state index contributed by atoms with van der Waals surface area (Å²) >= 11 is 7.44. The van der Waals surface area contributed by atoms with Crippen molar-refractivity contribution < 1.29 is 4.79 Å². The molecule has 21 heavy (non-hydrogen) atoms. The maximum Gasteiger partial charge on any atom is 0.340 e. The molecule has 1 fully saturated rings. The maximum absolute atomic E-state index is 11.9. The molecular formula is C14H26ClN3O2S. The summed E-state index contributed by atoms with van der Waals surface area (Å²) in [7, 11) is 0. The number of halogens is 1. The van der Waals surface area contributed by atoms with Gasteiger partial charge in [-0.3, -0.25) is 0 Å². The molecule has 0 radical (unpaired) electrons. The Balaban J connectivity index is 2.11. The van der Waals surface area contributed by atoms with Crippen LogP contribution >= 0.6 is 23.4 Å². The minimum absolute atomic E-state index is 0.211. The molecule has 1 aliphatic carbocycles. The predicted octanol–water partition coefficient (Wildman–Crippen LogP) is 4.15. The van der Waals surface area contributed by atoms with Crippen LogP contribution < -0.4 is 5.32 Å². The number of nitroso groups, excluding NO2 is 1. The summed E-state index contributed by atoms with van der Waals surface area (Å²) in [5.41, 5.74) is 0. The summed E-state index contributed by atoms with van der Waals surface area (Å²) in [4.78, 5) is 22.7. The van der Waals surface area contributed by atoms with Gasteiger partial charge in [0.2, 0.25) is 0 Å². The quantitative estimate of drug-likeness (QED) is 0.282. The van der Waals surface area contributed by atoms with Crippen molar-refractivity contribution in [3.05, 3.63) is 4.91 Å². The molecule has 1 N–H and O–H groups in total. The Morgan fingerprint density at radius 2 is 1.95 bits per heavy atom. The van der Waals surface area contributed by atoms with Gasteiger partial charge in [0, 0.05) is 24.2 Å². The molecule has 0 aromatic heterocycles. The van der Waals surface area contributed by atoms with Crippen LogP contribution in [0.4, 0.5) is 4.79 Å². The van der Waals surface area contributed by atoms with E-state index in [-0.39, 0.29) is 12.1 Å². The Labute approximate surface area is 136 Å². The second-order valence-corrected chi connectivity index (χ2v) is 6.95. The Hall–Kier alpha value is -0.490. The lowest BCUT2D eigenvalue weighted by atomic mass is 9.96. The Morgan fingerprint density at radius 1 is 1.19 bits per heavy atom. The first-order chi connectivity index (χ1) is 10.3. The van der Waals surface area contributed by atoms with E-state index in [9.17, 15) is 9.70 Å². The number of hydrogen-bond acceptors (Lipinski definition) is 4. The minimum Gasteiger partial charge on any atom is -0.334 e. The van der Waals surface area contributed by atoms with Gasteiger partial charge in [0.15, 0.2) is 0 Å². The third-order valence-corrected chi connectivity index (χ3v) is 5.13. The number of urea groups is 1. The van der Waals surface area contributed by atoms with E-state index < -0.39 is 0 Å². The molecular weight excluding hydrogens is 310 g/mol. The highest BCUT2D eigenvalue weighted by molar-refractivity contribution is 7.99. The highest BCUT2D eigenvalue weighted by atomic mass is 35.5. The molecule has 0 bridgehead atoms. The van der Waals surface area contributed by atoms with Crippen LogP contribution in [0.5, 0.6) is 0 Å². The monoisotopic (exact) mass is 335 g/mol. The number of unbranched alkanes of at least 4 members (excludes halogenated alkanes) is 2. The molecule has 7 heteroatoms. The van der Waals surface area contributed by atoms with Crippen LogP contribution in [0.15, 0.2) is 5.29 Å². The second kappa shape index (κ2) is 12.1. The summed E-state index contributed by atoms with van der Waals surface area (Å²) < 4.78 is 0. The number of alkyl halides is 1. The average Bonchev–Trinajstić information content (AvgIpc) is 2.51. The van der Waals surface area contributed by atoms with Crippen LogP contribution in [0.3, 0.4) is 0 Å². The second-order valence-electron chi connectivity index (χ2n) is 5.35. The van der Waals surface area contributed by atoms with E-state index in [1.54, 1.807) is 0 Å². The number of carbonyl (C=O) groups is 1. The zero-order valence-electron chi connectivity index (χ0n) is 12.6. The van der Waals surface area contributed by atoms with Crippen molar-refractivity contribution in [2.45, 2.75) is 57.4 Å². The number of nitrogens with one attached hydrogen (secondary N) is 1. The van der Waals surface area contributed by atoms with Gasteiger partial charge in [-0.05, 0) is 31.4 Å². The summed E-state index contributed by atoms with van der Waals surface area (Å²) in [6.07, 6.45) is 8.46. The van der Waals surface area contributed by atoms with E-state index in [1.807, 2.05) is 11.8 Å². The molecule has 0 aromatic rings. The van der Waals surface area contributed by atoms with Gasteiger partial charge in [0.1, 0.15) is 0 Å². The molecule has 0 unspecified atom stereocenters. The van der Waals surface area contributed by atoms with Crippen LogP contribution in [0.25, 0.3) is 0 Å². The molecule has 2 amide bonds. The van der Waals surface area contributed by atoms with Crippen molar-refractivity contribution in [3.63, 3.8) is 0 Å². The third kappa shape index (κ3) is 8.51. The normalized spacial score (nSPS) is 15.7. The van der Waals surface area contributed by atoms with Gasteiger partial charge >= 0.3 is 6.03 Å². The number of nitrogens with zero attached hydrogens (tertiary/aromatic N) is 2. The lowest BCUT2D eigenvalue weighted by Crippen LogP contribution is -2.43. The van der Waals surface area contributed by atoms with Crippen molar-refractivity contribution >= 4 is 29.4 Å². The van der Waals surface area contributed by atoms with E-state index in [0.717, 1.165) is 61.5 Å². The fourth-order valence-electron chi connectivity index (χ4n) is 2.47. The Morgan fingerprint density at radius 3 is 2.62 bits per heavy atom. The molecule has 5 nitrogen and oxygen atoms in total. The van der Waals surface area contributed by atoms with Gasteiger partial charge < -0.3 is 5.32 Å². The van der Waals surface area contributed by atoms with Gasteiger partial charge in [0.25, 0.3) is 0 Å². The SMILES string of the molecule is O=NN(CCCCCSCCCl)C(=O)NC1CCCCC1. The van der Waals surface area contributed by atoms with Crippen LogP contribution in [0.1, 0.15) is 51.4 Å². The predicted molar refractivity (Wildman–Crippen MR) is 89.8 cm³/mol. The van der Waals surface area contributed by atoms with E-state index >= 15 is 0 Å². The highest BCUT2D eigenvalue weighted by Crippen LogP contribution is 2.17. The van der Waals surface area contributed by atoms with E-state index in [4.69, 9.17) is 11.6 Å². The number of thioether (sulfide) groups is 1. The summed E-state index contributed by atoms with van der Waals surface area (Å²) in [6.45, 7) is 0.405. The summed E-state index contributed by atoms with van der Waals surface area (Å²) in [5, 5.41) is 6.79. The van der Waals surface area contributed by atoms with Crippen LogP contribution in [-0.4, -0.2) is 41.0 Å². The Bertz CT molecular complexity index is 302. The van der Waals surface area contributed by atoms with Gasteiger partial charge in [-0.2, -0.15) is 16.8 Å². The van der Waals surface area contributed by atoms with Gasteiger partial charge in [-0.15, -0.1) is 16.5 Å². The molecule has 0 saturated heterocycles. The summed E-state index contributed by atoms with van der Waals surface area (Å²) in [6, 6.07) is -0.129. The van der Waals surface area contributed by atoms with Crippen LogP contribution in [0.2, 0.25) is 0 Å².